The molecule has 25 heavy (non-hydrogen) atoms. The molecule has 3 aromatic rings. The molecule has 6 heteroatoms. The summed E-state index contributed by atoms with van der Waals surface area (Å²) in [6.45, 7) is 1.22. The maximum Gasteiger partial charge on any atom is 0.349 e. The highest BCUT2D eigenvalue weighted by Gasteiger charge is 2.28. The van der Waals surface area contributed by atoms with Crippen LogP contribution in [-0.2, 0) is 7.05 Å². The zero-order valence-corrected chi connectivity index (χ0v) is 14.0. The van der Waals surface area contributed by atoms with Crippen molar-refractivity contribution in [3.63, 3.8) is 0 Å². The number of amides is 1. The number of fused-ring (bicyclic) bond motifs is 1. The van der Waals surface area contributed by atoms with Crippen molar-refractivity contribution in [2.24, 2.45) is 7.05 Å². The Hall–Kier alpha value is -2.89. The van der Waals surface area contributed by atoms with Gasteiger partial charge in [-0.3, -0.25) is 9.48 Å². The van der Waals surface area contributed by atoms with Gasteiger partial charge in [-0.15, -0.1) is 0 Å². The molecule has 2 aromatic heterocycles. The van der Waals surface area contributed by atoms with Crippen molar-refractivity contribution in [1.29, 1.82) is 0 Å². The van der Waals surface area contributed by atoms with E-state index in [-0.39, 0.29) is 17.4 Å². The molecule has 0 spiro atoms. The van der Waals surface area contributed by atoms with Gasteiger partial charge in [-0.1, -0.05) is 18.2 Å². The summed E-state index contributed by atoms with van der Waals surface area (Å²) in [6, 6.07) is 10.8. The van der Waals surface area contributed by atoms with Crippen LogP contribution in [0.4, 0.5) is 0 Å². The van der Waals surface area contributed by atoms with Gasteiger partial charge < -0.3 is 9.32 Å². The van der Waals surface area contributed by atoms with Crippen LogP contribution in [0.3, 0.4) is 0 Å². The molecule has 0 saturated carbocycles. The second-order valence-corrected chi connectivity index (χ2v) is 6.49. The van der Waals surface area contributed by atoms with E-state index < -0.39 is 5.63 Å². The number of benzene rings is 1. The van der Waals surface area contributed by atoms with Gasteiger partial charge in [0.1, 0.15) is 11.1 Å². The van der Waals surface area contributed by atoms with Crippen molar-refractivity contribution in [1.82, 2.24) is 14.7 Å². The van der Waals surface area contributed by atoms with Crippen LogP contribution in [0.5, 0.6) is 0 Å². The number of hydrogen-bond donors (Lipinski definition) is 0. The standard InChI is InChI=1S/C19H19N3O3/c1-21-10-8-16(20-21)14-6-4-9-22(12-14)18(23)15-11-13-5-2-3-7-17(13)25-19(15)24/h2-3,5,7-8,10-11,14H,4,6,9,12H2,1H3. The Morgan fingerprint density at radius 3 is 2.92 bits per heavy atom. The SMILES string of the molecule is Cn1ccc(C2CCCN(C(=O)c3cc4ccccc4oc3=O)C2)n1. The topological polar surface area (TPSA) is 68.3 Å². The number of aryl methyl sites for hydroxylation is 1. The smallest absolute Gasteiger partial charge is 0.349 e. The summed E-state index contributed by atoms with van der Waals surface area (Å²) >= 11 is 0. The maximum absolute atomic E-state index is 12.9. The first kappa shape index (κ1) is 15.6. The predicted octanol–water partition coefficient (Wildman–Crippen LogP) is 2.55. The molecule has 0 N–H and O–H groups in total. The average Bonchev–Trinajstić information content (AvgIpc) is 3.07. The molecule has 1 aliphatic rings. The fourth-order valence-electron chi connectivity index (χ4n) is 3.44. The highest BCUT2D eigenvalue weighted by Crippen LogP contribution is 2.26. The molecule has 1 amide bonds. The lowest BCUT2D eigenvalue weighted by molar-refractivity contribution is 0.0701. The summed E-state index contributed by atoms with van der Waals surface area (Å²) in [4.78, 5) is 26.9. The van der Waals surface area contributed by atoms with Gasteiger partial charge in [0, 0.05) is 37.6 Å². The molecule has 0 radical (unpaired) electrons. The number of carbonyl (C=O) groups is 1. The Morgan fingerprint density at radius 1 is 1.28 bits per heavy atom. The number of piperidine rings is 1. The van der Waals surface area contributed by atoms with Crippen LogP contribution in [0, 0.1) is 0 Å². The van der Waals surface area contributed by atoms with Gasteiger partial charge in [0.25, 0.3) is 5.91 Å². The van der Waals surface area contributed by atoms with E-state index in [1.54, 1.807) is 27.8 Å². The number of para-hydroxylation sites is 1. The van der Waals surface area contributed by atoms with Crippen molar-refractivity contribution in [2.75, 3.05) is 13.1 Å². The van der Waals surface area contributed by atoms with Crippen LogP contribution in [0.1, 0.15) is 34.8 Å². The third-order valence-corrected chi connectivity index (χ3v) is 4.73. The van der Waals surface area contributed by atoms with E-state index in [0.29, 0.717) is 18.7 Å². The van der Waals surface area contributed by atoms with E-state index in [1.807, 2.05) is 31.4 Å². The number of hydrogen-bond acceptors (Lipinski definition) is 4. The molecule has 6 nitrogen and oxygen atoms in total. The van der Waals surface area contributed by atoms with Gasteiger partial charge in [0.15, 0.2) is 0 Å². The van der Waals surface area contributed by atoms with Gasteiger partial charge in [0.2, 0.25) is 0 Å². The van der Waals surface area contributed by atoms with Crippen LogP contribution in [0.25, 0.3) is 11.0 Å². The van der Waals surface area contributed by atoms with Gasteiger partial charge in [-0.2, -0.15) is 5.10 Å². The molecule has 1 unspecified atom stereocenters. The Bertz CT molecular complexity index is 989. The van der Waals surface area contributed by atoms with Crippen LogP contribution < -0.4 is 5.63 Å². The van der Waals surface area contributed by atoms with Crippen molar-refractivity contribution >= 4 is 16.9 Å². The summed E-state index contributed by atoms with van der Waals surface area (Å²) in [5.74, 6) is -0.0634. The monoisotopic (exact) mass is 337 g/mol. The van der Waals surface area contributed by atoms with E-state index in [2.05, 4.69) is 5.10 Å². The van der Waals surface area contributed by atoms with Gasteiger partial charge in [0.05, 0.1) is 5.69 Å². The van der Waals surface area contributed by atoms with Crippen LogP contribution in [0.15, 0.2) is 51.8 Å². The summed E-state index contributed by atoms with van der Waals surface area (Å²) < 4.78 is 7.07. The average molecular weight is 337 g/mol. The van der Waals surface area contributed by atoms with Crippen LogP contribution in [0.2, 0.25) is 0 Å². The van der Waals surface area contributed by atoms with Crippen molar-refractivity contribution in [3.8, 4) is 0 Å². The molecule has 1 aliphatic heterocycles. The summed E-state index contributed by atoms with van der Waals surface area (Å²) in [6.07, 6.45) is 3.80. The molecule has 4 rings (SSSR count). The summed E-state index contributed by atoms with van der Waals surface area (Å²) in [5, 5.41) is 5.21. The molecule has 1 atom stereocenters. The third-order valence-electron chi connectivity index (χ3n) is 4.73. The highest BCUT2D eigenvalue weighted by atomic mass is 16.4. The zero-order chi connectivity index (χ0) is 17.4. The Kier molecular flexibility index (Phi) is 3.87. The molecular weight excluding hydrogens is 318 g/mol. The molecule has 1 saturated heterocycles. The van der Waals surface area contributed by atoms with E-state index in [4.69, 9.17) is 4.42 Å². The number of likely N-dealkylation sites (tertiary alicyclic amines) is 1. The van der Waals surface area contributed by atoms with Gasteiger partial charge in [-0.25, -0.2) is 4.79 Å². The van der Waals surface area contributed by atoms with Crippen LogP contribution >= 0.6 is 0 Å². The van der Waals surface area contributed by atoms with Gasteiger partial charge in [-0.05, 0) is 31.0 Å². The van der Waals surface area contributed by atoms with E-state index >= 15 is 0 Å². The summed E-state index contributed by atoms with van der Waals surface area (Å²) in [7, 11) is 1.88. The Balaban J connectivity index is 1.62. The molecule has 3 heterocycles. The first-order chi connectivity index (χ1) is 12.1. The molecule has 0 bridgehead atoms. The quantitative estimate of drug-likeness (QED) is 0.674. The fourth-order valence-corrected chi connectivity index (χ4v) is 3.44. The Morgan fingerprint density at radius 2 is 2.12 bits per heavy atom. The number of rotatable bonds is 2. The first-order valence-electron chi connectivity index (χ1n) is 8.43. The second kappa shape index (κ2) is 6.20. The normalized spacial score (nSPS) is 17.8. The van der Waals surface area contributed by atoms with Crippen molar-refractivity contribution in [2.45, 2.75) is 18.8 Å². The minimum Gasteiger partial charge on any atom is -0.422 e. The summed E-state index contributed by atoms with van der Waals surface area (Å²) in [5.41, 5.74) is 1.00. The van der Waals surface area contributed by atoms with E-state index in [1.165, 1.54) is 0 Å². The van der Waals surface area contributed by atoms with Crippen molar-refractivity contribution in [3.05, 3.63) is 64.3 Å². The number of carbonyl (C=O) groups excluding carboxylic acids is 1. The van der Waals surface area contributed by atoms with E-state index in [9.17, 15) is 9.59 Å². The maximum atomic E-state index is 12.9. The zero-order valence-electron chi connectivity index (χ0n) is 14.0. The van der Waals surface area contributed by atoms with E-state index in [0.717, 1.165) is 23.9 Å². The first-order valence-corrected chi connectivity index (χ1v) is 8.43. The molecular formula is C19H19N3O3. The van der Waals surface area contributed by atoms with Crippen molar-refractivity contribution < 1.29 is 9.21 Å². The number of nitrogens with zero attached hydrogens (tertiary/aromatic N) is 3. The minimum atomic E-state index is -0.580. The largest absolute Gasteiger partial charge is 0.422 e. The third kappa shape index (κ3) is 2.95. The molecule has 128 valence electrons. The highest BCUT2D eigenvalue weighted by molar-refractivity contribution is 5.96. The fraction of sp³-hybridized carbons (Fsp3) is 0.316. The lowest BCUT2D eigenvalue weighted by Crippen LogP contribution is -2.40. The predicted molar refractivity (Wildman–Crippen MR) is 93.6 cm³/mol. The second-order valence-electron chi connectivity index (χ2n) is 6.49. The molecule has 0 aliphatic carbocycles. The molecule has 1 fully saturated rings. The van der Waals surface area contributed by atoms with Gasteiger partial charge >= 0.3 is 5.63 Å². The minimum absolute atomic E-state index is 0.0976. The lowest BCUT2D eigenvalue weighted by atomic mass is 9.94. The Labute approximate surface area is 144 Å². The molecule has 1 aromatic carbocycles. The van der Waals surface area contributed by atoms with Crippen LogP contribution in [-0.4, -0.2) is 33.7 Å². The lowest BCUT2D eigenvalue weighted by Gasteiger charge is -2.31. The number of aromatic nitrogens is 2.